The van der Waals surface area contributed by atoms with Gasteiger partial charge in [-0.25, -0.2) is 4.99 Å². The molecule has 1 aliphatic rings. The second-order valence-corrected chi connectivity index (χ2v) is 7.01. The zero-order valence-electron chi connectivity index (χ0n) is 13.1. The van der Waals surface area contributed by atoms with Crippen LogP contribution in [0.3, 0.4) is 0 Å². The fourth-order valence-corrected chi connectivity index (χ4v) is 4.17. The molecule has 0 saturated heterocycles. The molecule has 1 aliphatic heterocycles. The second kappa shape index (κ2) is 5.94. The van der Waals surface area contributed by atoms with E-state index < -0.39 is 0 Å². The number of fused-ring (bicyclic) bond motifs is 1. The summed E-state index contributed by atoms with van der Waals surface area (Å²) in [5.74, 6) is 0.209. The van der Waals surface area contributed by atoms with Gasteiger partial charge in [-0.3, -0.25) is 9.36 Å². The van der Waals surface area contributed by atoms with Gasteiger partial charge >= 0.3 is 0 Å². The Morgan fingerprint density at radius 3 is 2.80 bits per heavy atom. The third-order valence-electron chi connectivity index (χ3n) is 3.93. The molecule has 0 unspecified atom stereocenters. The van der Waals surface area contributed by atoms with Crippen molar-refractivity contribution >= 4 is 35.0 Å². The first-order valence-electron chi connectivity index (χ1n) is 7.42. The van der Waals surface area contributed by atoms with Crippen molar-refractivity contribution in [2.45, 2.75) is 0 Å². The van der Waals surface area contributed by atoms with E-state index in [4.69, 9.17) is 17.0 Å². The molecule has 124 valence electrons. The van der Waals surface area contributed by atoms with Crippen LogP contribution in [-0.4, -0.2) is 22.7 Å². The fourth-order valence-electron chi connectivity index (χ4n) is 2.79. The van der Waals surface area contributed by atoms with Crippen molar-refractivity contribution in [1.29, 1.82) is 0 Å². The van der Waals surface area contributed by atoms with Crippen LogP contribution < -0.4 is 15.3 Å². The lowest BCUT2D eigenvalue weighted by molar-refractivity contribution is -0.112. The van der Waals surface area contributed by atoms with E-state index in [1.807, 2.05) is 36.4 Å². The fraction of sp³-hybridized carbons (Fsp3) is 0.0556. The number of para-hydroxylation sites is 1. The van der Waals surface area contributed by atoms with Crippen molar-refractivity contribution < 1.29 is 14.6 Å². The van der Waals surface area contributed by atoms with Gasteiger partial charge in [-0.15, -0.1) is 11.3 Å². The number of aromatic hydroxyl groups is 1. The molecule has 2 heterocycles. The van der Waals surface area contributed by atoms with Crippen molar-refractivity contribution in [2.24, 2.45) is 4.99 Å². The van der Waals surface area contributed by atoms with Gasteiger partial charge in [0.1, 0.15) is 10.6 Å². The monoisotopic (exact) mass is 368 g/mol. The van der Waals surface area contributed by atoms with Gasteiger partial charge in [-0.1, -0.05) is 24.3 Å². The summed E-state index contributed by atoms with van der Waals surface area (Å²) < 4.78 is 7.19. The molecule has 1 aromatic heterocycles. The van der Waals surface area contributed by atoms with Crippen LogP contribution in [0.15, 0.2) is 53.5 Å². The average Bonchev–Trinajstić information content (AvgIpc) is 3.10. The first-order valence-corrected chi connectivity index (χ1v) is 8.64. The number of hydrogen-bond donors (Lipinski definition) is 1. The lowest BCUT2D eigenvalue weighted by Crippen LogP contribution is -2.22. The molecule has 0 bridgehead atoms. The van der Waals surface area contributed by atoms with Crippen molar-refractivity contribution in [3.63, 3.8) is 0 Å². The molecule has 3 aromatic rings. The molecule has 0 radical (unpaired) electrons. The number of amides is 1. The summed E-state index contributed by atoms with van der Waals surface area (Å²) in [7, 11) is 1.57. The summed E-state index contributed by atoms with van der Waals surface area (Å²) in [5.41, 5.74) is 1.05. The highest BCUT2D eigenvalue weighted by atomic mass is 32.1. The molecule has 0 saturated carbocycles. The van der Waals surface area contributed by atoms with Gasteiger partial charge in [0, 0.05) is 11.3 Å². The van der Waals surface area contributed by atoms with Crippen molar-refractivity contribution in [2.75, 3.05) is 7.11 Å². The number of rotatable bonds is 3. The molecule has 1 N–H and O–H groups in total. The summed E-state index contributed by atoms with van der Waals surface area (Å²) in [6.07, 6.45) is 0. The van der Waals surface area contributed by atoms with Gasteiger partial charge < -0.3 is 9.84 Å². The standard InChI is InChI=1S/C18H12N2O3S2/c1-23-11-6-4-5-10(9-11)20-17(22)15(25-18(20)24)14-12-7-2-3-8-13(12)19-16(14)21/h2-9,22H,1H3. The van der Waals surface area contributed by atoms with Crippen LogP contribution in [0, 0.1) is 3.95 Å². The van der Waals surface area contributed by atoms with Crippen LogP contribution in [-0.2, 0) is 4.79 Å². The topological polar surface area (TPSA) is 63.8 Å². The Morgan fingerprint density at radius 2 is 2.00 bits per heavy atom. The summed E-state index contributed by atoms with van der Waals surface area (Å²) in [5, 5.41) is 12.1. The minimum Gasteiger partial charge on any atom is -0.497 e. The molecule has 0 aliphatic carbocycles. The van der Waals surface area contributed by atoms with Crippen LogP contribution in [0.5, 0.6) is 11.6 Å². The molecule has 1 amide bonds. The SMILES string of the molecule is COc1cccc(-n2c(O)c(C3=c4ccccc4=NC3=O)sc2=S)c1. The van der Waals surface area contributed by atoms with E-state index in [-0.39, 0.29) is 11.8 Å². The highest BCUT2D eigenvalue weighted by Gasteiger charge is 2.25. The summed E-state index contributed by atoms with van der Waals surface area (Å²) in [6, 6.07) is 14.4. The Kier molecular flexibility index (Phi) is 3.74. The molecular formula is C18H12N2O3S2. The van der Waals surface area contributed by atoms with E-state index in [2.05, 4.69) is 4.99 Å². The largest absolute Gasteiger partial charge is 0.497 e. The first kappa shape index (κ1) is 15.7. The van der Waals surface area contributed by atoms with Gasteiger partial charge in [0.25, 0.3) is 5.91 Å². The molecule has 25 heavy (non-hydrogen) atoms. The van der Waals surface area contributed by atoms with E-state index in [1.165, 1.54) is 15.9 Å². The van der Waals surface area contributed by atoms with Gasteiger partial charge in [0.15, 0.2) is 3.95 Å². The maximum Gasteiger partial charge on any atom is 0.279 e. The van der Waals surface area contributed by atoms with E-state index in [1.54, 1.807) is 19.2 Å². The number of carbonyl (C=O) groups is 1. The lowest BCUT2D eigenvalue weighted by atomic mass is 10.1. The molecule has 4 rings (SSSR count). The Labute approximate surface area is 151 Å². The maximum atomic E-state index is 12.4. The Balaban J connectivity index is 1.98. The number of thiazole rings is 1. The second-order valence-electron chi connectivity index (χ2n) is 5.37. The maximum absolute atomic E-state index is 12.4. The Bertz CT molecular complexity index is 1190. The Hall–Kier alpha value is -2.77. The number of benzene rings is 2. The molecular weight excluding hydrogens is 356 g/mol. The van der Waals surface area contributed by atoms with E-state index in [0.717, 1.165) is 0 Å². The first-order chi connectivity index (χ1) is 12.1. The number of nitrogens with zero attached hydrogens (tertiary/aromatic N) is 2. The molecule has 0 atom stereocenters. The minimum absolute atomic E-state index is 0.0708. The van der Waals surface area contributed by atoms with Crippen molar-refractivity contribution in [3.8, 4) is 17.3 Å². The quantitative estimate of drug-likeness (QED) is 0.721. The molecule has 5 nitrogen and oxygen atoms in total. The van der Waals surface area contributed by atoms with Gasteiger partial charge in [-0.05, 0) is 30.4 Å². The third-order valence-corrected chi connectivity index (χ3v) is 5.32. The predicted octanol–water partition coefficient (Wildman–Crippen LogP) is 2.34. The van der Waals surface area contributed by atoms with E-state index >= 15 is 0 Å². The summed E-state index contributed by atoms with van der Waals surface area (Å²) >= 11 is 6.60. The number of carbonyl (C=O) groups excluding carboxylic acids is 1. The van der Waals surface area contributed by atoms with Gasteiger partial charge in [0.05, 0.1) is 23.7 Å². The van der Waals surface area contributed by atoms with Gasteiger partial charge in [0.2, 0.25) is 5.88 Å². The molecule has 0 fully saturated rings. The summed E-state index contributed by atoms with van der Waals surface area (Å²) in [6.45, 7) is 0. The Morgan fingerprint density at radius 1 is 1.20 bits per heavy atom. The zero-order valence-corrected chi connectivity index (χ0v) is 14.7. The number of aromatic nitrogens is 1. The lowest BCUT2D eigenvalue weighted by Gasteiger charge is -2.07. The molecule has 7 heteroatoms. The van der Waals surface area contributed by atoms with E-state index in [9.17, 15) is 9.90 Å². The summed E-state index contributed by atoms with van der Waals surface area (Å²) in [4.78, 5) is 16.8. The van der Waals surface area contributed by atoms with E-state index in [0.29, 0.717) is 36.4 Å². The van der Waals surface area contributed by atoms with Crippen LogP contribution in [0.25, 0.3) is 11.3 Å². The van der Waals surface area contributed by atoms with Gasteiger partial charge in [-0.2, -0.15) is 0 Å². The van der Waals surface area contributed by atoms with Crippen LogP contribution >= 0.6 is 23.6 Å². The average molecular weight is 368 g/mol. The van der Waals surface area contributed by atoms with Crippen molar-refractivity contribution in [1.82, 2.24) is 4.57 Å². The molecule has 0 spiro atoms. The van der Waals surface area contributed by atoms with Crippen LogP contribution in [0.4, 0.5) is 0 Å². The highest BCUT2D eigenvalue weighted by molar-refractivity contribution is 7.73. The normalized spacial score (nSPS) is 12.8. The van der Waals surface area contributed by atoms with Crippen LogP contribution in [0.1, 0.15) is 4.88 Å². The molecule has 2 aromatic carbocycles. The minimum atomic E-state index is -0.370. The number of ether oxygens (including phenoxy) is 1. The number of hydrogen-bond acceptors (Lipinski definition) is 5. The van der Waals surface area contributed by atoms with Crippen molar-refractivity contribution in [3.05, 3.63) is 67.9 Å². The zero-order chi connectivity index (χ0) is 17.6. The smallest absolute Gasteiger partial charge is 0.279 e. The van der Waals surface area contributed by atoms with Crippen LogP contribution in [0.2, 0.25) is 0 Å². The predicted molar refractivity (Wildman–Crippen MR) is 97.4 cm³/mol. The third kappa shape index (κ3) is 2.48. The highest BCUT2D eigenvalue weighted by Crippen LogP contribution is 2.35. The number of methoxy groups -OCH3 is 1.